The molecule has 29 heavy (non-hydrogen) atoms. The highest BCUT2D eigenvalue weighted by Crippen LogP contribution is 2.27. The maximum Gasteiger partial charge on any atom is 0.267 e. The minimum absolute atomic E-state index is 0.0171. The lowest BCUT2D eigenvalue weighted by Crippen LogP contribution is -2.38. The number of thiophene rings is 1. The Labute approximate surface area is 173 Å². The second-order valence-electron chi connectivity index (χ2n) is 6.44. The molecule has 2 heterocycles. The summed E-state index contributed by atoms with van der Waals surface area (Å²) in [5.41, 5.74) is 0.525. The van der Waals surface area contributed by atoms with E-state index in [1.54, 1.807) is 24.3 Å². The summed E-state index contributed by atoms with van der Waals surface area (Å²) in [7, 11) is 3.03. The van der Waals surface area contributed by atoms with Gasteiger partial charge < -0.3 is 24.8 Å². The average molecular weight is 416 g/mol. The largest absolute Gasteiger partial charge is 0.493 e. The lowest BCUT2D eigenvalue weighted by atomic mass is 10.1. The van der Waals surface area contributed by atoms with E-state index in [1.165, 1.54) is 25.6 Å². The van der Waals surface area contributed by atoms with Crippen LogP contribution in [-0.4, -0.2) is 45.3 Å². The van der Waals surface area contributed by atoms with Crippen LogP contribution in [0.4, 0.5) is 0 Å². The van der Waals surface area contributed by atoms with Crippen LogP contribution in [0.5, 0.6) is 11.5 Å². The van der Waals surface area contributed by atoms with E-state index in [2.05, 4.69) is 10.6 Å². The summed E-state index contributed by atoms with van der Waals surface area (Å²) in [6, 6.07) is 8.59. The number of carbonyl (C=O) groups is 2. The average Bonchev–Trinajstić information content (AvgIpc) is 3.45. The van der Waals surface area contributed by atoms with Gasteiger partial charge in [-0.3, -0.25) is 9.59 Å². The highest BCUT2D eigenvalue weighted by molar-refractivity contribution is 7.10. The summed E-state index contributed by atoms with van der Waals surface area (Å²) in [6.45, 7) is 1.13. The van der Waals surface area contributed by atoms with Crippen molar-refractivity contribution < 1.29 is 23.8 Å². The van der Waals surface area contributed by atoms with E-state index in [1.807, 2.05) is 17.5 Å². The predicted octanol–water partition coefficient (Wildman–Crippen LogP) is 2.83. The first-order valence-corrected chi connectivity index (χ1v) is 10.2. The fourth-order valence-corrected chi connectivity index (χ4v) is 3.61. The van der Waals surface area contributed by atoms with Crippen LogP contribution in [0.15, 0.2) is 41.4 Å². The van der Waals surface area contributed by atoms with Gasteiger partial charge >= 0.3 is 0 Å². The van der Waals surface area contributed by atoms with E-state index in [0.29, 0.717) is 30.2 Å². The summed E-state index contributed by atoms with van der Waals surface area (Å²) in [5, 5.41) is 7.47. The van der Waals surface area contributed by atoms with Crippen LogP contribution in [0, 0.1) is 0 Å². The quantitative estimate of drug-likeness (QED) is 0.647. The Morgan fingerprint density at radius 3 is 2.72 bits per heavy atom. The third kappa shape index (κ3) is 5.58. The number of carbonyl (C=O) groups excluding carboxylic acids is 2. The van der Waals surface area contributed by atoms with Crippen molar-refractivity contribution in [3.63, 3.8) is 0 Å². The molecule has 0 bridgehead atoms. The Morgan fingerprint density at radius 2 is 2.07 bits per heavy atom. The van der Waals surface area contributed by atoms with Crippen LogP contribution >= 0.6 is 11.3 Å². The van der Waals surface area contributed by atoms with Crippen LogP contribution in [0.1, 0.15) is 28.1 Å². The molecular weight excluding hydrogens is 392 g/mol. The molecule has 1 aromatic carbocycles. The van der Waals surface area contributed by atoms with Crippen LogP contribution in [0.25, 0.3) is 6.08 Å². The van der Waals surface area contributed by atoms with Gasteiger partial charge in [-0.1, -0.05) is 6.07 Å². The monoisotopic (exact) mass is 416 g/mol. The van der Waals surface area contributed by atoms with Gasteiger partial charge in [-0.2, -0.15) is 0 Å². The minimum atomic E-state index is -0.416. The first kappa shape index (κ1) is 20.9. The molecule has 1 unspecified atom stereocenters. The molecule has 0 spiro atoms. The number of nitrogens with one attached hydrogen (secondary N) is 2. The van der Waals surface area contributed by atoms with E-state index in [-0.39, 0.29) is 17.7 Å². The lowest BCUT2D eigenvalue weighted by molar-refractivity contribution is -0.118. The zero-order valence-corrected chi connectivity index (χ0v) is 17.2. The molecule has 154 valence electrons. The number of hydrogen-bond donors (Lipinski definition) is 2. The smallest absolute Gasteiger partial charge is 0.267 e. The highest BCUT2D eigenvalue weighted by atomic mass is 32.1. The van der Waals surface area contributed by atoms with Gasteiger partial charge in [-0.15, -0.1) is 11.3 Å². The van der Waals surface area contributed by atoms with Crippen molar-refractivity contribution in [3.05, 3.63) is 51.8 Å². The van der Waals surface area contributed by atoms with Gasteiger partial charge in [-0.05, 0) is 48.6 Å². The van der Waals surface area contributed by atoms with Crippen LogP contribution in [0.3, 0.4) is 0 Å². The van der Waals surface area contributed by atoms with E-state index in [0.717, 1.165) is 17.7 Å². The van der Waals surface area contributed by atoms with Crippen molar-refractivity contribution in [3.8, 4) is 11.5 Å². The molecule has 3 rings (SSSR count). The Hall–Kier alpha value is -2.84. The predicted molar refractivity (Wildman–Crippen MR) is 111 cm³/mol. The van der Waals surface area contributed by atoms with Crippen molar-refractivity contribution in [2.24, 2.45) is 0 Å². The molecule has 1 aliphatic heterocycles. The van der Waals surface area contributed by atoms with Gasteiger partial charge in [0.1, 0.15) is 5.70 Å². The fraction of sp³-hybridized carbons (Fsp3) is 0.333. The summed E-state index contributed by atoms with van der Waals surface area (Å²) < 4.78 is 16.0. The zero-order chi connectivity index (χ0) is 20.6. The molecule has 2 N–H and O–H groups in total. The molecule has 7 nitrogen and oxygen atoms in total. The number of hydrogen-bond acceptors (Lipinski definition) is 6. The molecule has 0 radical (unpaired) electrons. The third-order valence-corrected chi connectivity index (χ3v) is 5.30. The zero-order valence-electron chi connectivity index (χ0n) is 16.4. The molecule has 0 saturated carbocycles. The minimum Gasteiger partial charge on any atom is -0.493 e. The Morgan fingerprint density at radius 1 is 1.24 bits per heavy atom. The summed E-state index contributed by atoms with van der Waals surface area (Å²) in [6.07, 6.45) is 3.59. The molecular formula is C21H24N2O5S. The molecule has 1 atom stereocenters. The van der Waals surface area contributed by atoms with Crippen LogP contribution < -0.4 is 20.1 Å². The van der Waals surface area contributed by atoms with Crippen molar-refractivity contribution in [2.45, 2.75) is 18.9 Å². The van der Waals surface area contributed by atoms with E-state index in [4.69, 9.17) is 14.2 Å². The fourth-order valence-electron chi connectivity index (χ4n) is 2.95. The van der Waals surface area contributed by atoms with Gasteiger partial charge in [0.05, 0.1) is 20.3 Å². The first-order valence-electron chi connectivity index (χ1n) is 9.29. The third-order valence-electron chi connectivity index (χ3n) is 4.48. The lowest BCUT2D eigenvalue weighted by Gasteiger charge is -2.14. The highest BCUT2D eigenvalue weighted by Gasteiger charge is 2.20. The molecule has 1 aromatic heterocycles. The molecule has 1 fully saturated rings. The summed E-state index contributed by atoms with van der Waals surface area (Å²) in [4.78, 5) is 26.4. The number of methoxy groups -OCH3 is 2. The molecule has 1 aliphatic rings. The molecule has 2 aromatic rings. The van der Waals surface area contributed by atoms with Crippen LogP contribution in [0.2, 0.25) is 0 Å². The van der Waals surface area contributed by atoms with E-state index >= 15 is 0 Å². The maximum absolute atomic E-state index is 12.8. The summed E-state index contributed by atoms with van der Waals surface area (Å²) in [5.74, 6) is 0.184. The first-order chi connectivity index (χ1) is 14.1. The van der Waals surface area contributed by atoms with E-state index in [9.17, 15) is 9.59 Å². The van der Waals surface area contributed by atoms with Gasteiger partial charge in [0.2, 0.25) is 0 Å². The van der Waals surface area contributed by atoms with Crippen molar-refractivity contribution in [1.29, 1.82) is 0 Å². The Bertz CT molecular complexity index is 873. The number of amides is 2. The van der Waals surface area contributed by atoms with E-state index < -0.39 is 5.91 Å². The second-order valence-corrected chi connectivity index (χ2v) is 7.42. The maximum atomic E-state index is 12.8. The Kier molecular flexibility index (Phi) is 7.26. The number of rotatable bonds is 8. The van der Waals surface area contributed by atoms with Gasteiger partial charge in [-0.25, -0.2) is 0 Å². The van der Waals surface area contributed by atoms with Gasteiger partial charge in [0.15, 0.2) is 11.5 Å². The van der Waals surface area contributed by atoms with Gasteiger partial charge in [0.25, 0.3) is 11.8 Å². The number of ether oxygens (including phenoxy) is 3. The second kappa shape index (κ2) is 10.1. The topological polar surface area (TPSA) is 85.9 Å². The molecule has 8 heteroatoms. The van der Waals surface area contributed by atoms with Gasteiger partial charge in [0, 0.05) is 23.6 Å². The van der Waals surface area contributed by atoms with Crippen molar-refractivity contribution in [1.82, 2.24) is 10.6 Å². The molecule has 1 saturated heterocycles. The standard InChI is InChI=1S/C21H24N2O5S/c1-26-18-8-7-14(11-19(18)27-2)20(24)23-17(12-16-6-4-10-29-16)21(25)22-13-15-5-3-9-28-15/h4,6-8,10-12,15H,3,5,9,13H2,1-2H3,(H,22,25)(H,23,24)/b17-12-. The van der Waals surface area contributed by atoms with Crippen molar-refractivity contribution >= 4 is 29.2 Å². The molecule has 2 amide bonds. The SMILES string of the molecule is COc1ccc(C(=O)N/C(=C\c2cccs2)C(=O)NCC2CCCO2)cc1OC. The Balaban J connectivity index is 1.75. The number of benzene rings is 1. The molecule has 0 aliphatic carbocycles. The van der Waals surface area contributed by atoms with Crippen molar-refractivity contribution in [2.75, 3.05) is 27.4 Å². The summed E-state index contributed by atoms with van der Waals surface area (Å²) >= 11 is 1.48. The van der Waals surface area contributed by atoms with Crippen LogP contribution in [-0.2, 0) is 9.53 Å². The normalized spacial score (nSPS) is 16.3.